The summed E-state index contributed by atoms with van der Waals surface area (Å²) in [7, 11) is 0. The fraction of sp³-hybridized carbons (Fsp3) is 0.158. The number of anilines is 3. The highest BCUT2D eigenvalue weighted by Crippen LogP contribution is 2.24. The number of rotatable bonds is 5. The Morgan fingerprint density at radius 3 is 2.64 bits per heavy atom. The fourth-order valence-electron chi connectivity index (χ4n) is 2.49. The largest absolute Gasteiger partial charge is 0.325 e. The second-order valence-electron chi connectivity index (χ2n) is 5.56. The summed E-state index contributed by atoms with van der Waals surface area (Å²) in [5.41, 5.74) is 2.72. The number of pyridine rings is 1. The summed E-state index contributed by atoms with van der Waals surface area (Å²) in [6.45, 7) is 4.88. The first kappa shape index (κ1) is 16.6. The monoisotopic (exact) mass is 333 g/mol. The molecule has 0 spiro atoms. The number of aryl methyl sites for hydroxylation is 1. The summed E-state index contributed by atoms with van der Waals surface area (Å²) >= 11 is 0. The van der Waals surface area contributed by atoms with Crippen LogP contribution >= 0.6 is 0 Å². The molecule has 0 aliphatic carbocycles. The predicted molar refractivity (Wildman–Crippen MR) is 98.1 cm³/mol. The van der Waals surface area contributed by atoms with Gasteiger partial charge in [-0.3, -0.25) is 9.78 Å². The Balaban J connectivity index is 1.76. The van der Waals surface area contributed by atoms with Crippen molar-refractivity contribution in [2.24, 2.45) is 0 Å². The molecular formula is C19H19N5O. The van der Waals surface area contributed by atoms with Crippen molar-refractivity contribution in [3.63, 3.8) is 0 Å². The van der Waals surface area contributed by atoms with Crippen molar-refractivity contribution in [2.75, 3.05) is 16.8 Å². The van der Waals surface area contributed by atoms with E-state index in [1.165, 1.54) is 11.8 Å². The van der Waals surface area contributed by atoms with E-state index >= 15 is 0 Å². The Bertz CT molecular complexity index is 849. The molecule has 126 valence electrons. The van der Waals surface area contributed by atoms with Crippen molar-refractivity contribution in [3.8, 4) is 0 Å². The van der Waals surface area contributed by atoms with Crippen molar-refractivity contribution in [1.82, 2.24) is 15.2 Å². The van der Waals surface area contributed by atoms with Crippen LogP contribution in [0.3, 0.4) is 0 Å². The number of nitrogens with one attached hydrogen (secondary N) is 1. The van der Waals surface area contributed by atoms with Gasteiger partial charge in [0.1, 0.15) is 0 Å². The lowest BCUT2D eigenvalue weighted by molar-refractivity contribution is 0.102. The molecular weight excluding hydrogens is 314 g/mol. The Morgan fingerprint density at radius 1 is 1.12 bits per heavy atom. The van der Waals surface area contributed by atoms with Crippen LogP contribution in [0.25, 0.3) is 0 Å². The van der Waals surface area contributed by atoms with Gasteiger partial charge >= 0.3 is 0 Å². The zero-order valence-electron chi connectivity index (χ0n) is 14.2. The summed E-state index contributed by atoms with van der Waals surface area (Å²) in [6.07, 6.45) is 3.13. The van der Waals surface area contributed by atoms with E-state index in [9.17, 15) is 4.79 Å². The smallest absolute Gasteiger partial charge is 0.258 e. The molecule has 0 bridgehead atoms. The molecule has 3 rings (SSSR count). The van der Waals surface area contributed by atoms with E-state index in [0.717, 1.165) is 18.1 Å². The van der Waals surface area contributed by atoms with Crippen molar-refractivity contribution in [1.29, 1.82) is 0 Å². The number of hydrogen-bond acceptors (Lipinski definition) is 5. The van der Waals surface area contributed by atoms with Crippen molar-refractivity contribution < 1.29 is 4.79 Å². The topological polar surface area (TPSA) is 71.0 Å². The van der Waals surface area contributed by atoms with Crippen LogP contribution in [0.1, 0.15) is 22.8 Å². The highest BCUT2D eigenvalue weighted by atomic mass is 16.1. The van der Waals surface area contributed by atoms with E-state index in [2.05, 4.69) is 51.4 Å². The molecule has 2 aromatic heterocycles. The van der Waals surface area contributed by atoms with E-state index < -0.39 is 0 Å². The number of carbonyl (C=O) groups excluding carboxylic acids is 1. The summed E-state index contributed by atoms with van der Waals surface area (Å²) < 4.78 is 0. The molecule has 2 heterocycles. The van der Waals surface area contributed by atoms with E-state index in [-0.39, 0.29) is 5.91 Å². The maximum atomic E-state index is 12.1. The molecule has 1 amide bonds. The molecule has 1 N–H and O–H groups in total. The van der Waals surface area contributed by atoms with Crippen molar-refractivity contribution >= 4 is 23.2 Å². The minimum Gasteiger partial charge on any atom is -0.325 e. The van der Waals surface area contributed by atoms with Crippen LogP contribution < -0.4 is 10.2 Å². The average Bonchev–Trinajstić information content (AvgIpc) is 2.64. The predicted octanol–water partition coefficient (Wildman–Crippen LogP) is 3.59. The highest BCUT2D eigenvalue weighted by Gasteiger charge is 2.11. The first-order valence-corrected chi connectivity index (χ1v) is 8.06. The minimum absolute atomic E-state index is 0.263. The Morgan fingerprint density at radius 2 is 2.00 bits per heavy atom. The second kappa shape index (κ2) is 7.53. The number of benzene rings is 1. The molecule has 0 unspecified atom stereocenters. The van der Waals surface area contributed by atoms with Gasteiger partial charge in [-0.2, -0.15) is 0 Å². The van der Waals surface area contributed by atoms with E-state index in [1.54, 1.807) is 24.4 Å². The van der Waals surface area contributed by atoms with Gasteiger partial charge in [-0.05, 0) is 55.8 Å². The van der Waals surface area contributed by atoms with Crippen LogP contribution in [0.2, 0.25) is 0 Å². The van der Waals surface area contributed by atoms with Crippen LogP contribution in [0.4, 0.5) is 17.3 Å². The van der Waals surface area contributed by atoms with Gasteiger partial charge in [0, 0.05) is 24.6 Å². The minimum atomic E-state index is -0.263. The molecule has 3 aromatic rings. The van der Waals surface area contributed by atoms with Crippen molar-refractivity contribution in [2.45, 2.75) is 13.8 Å². The summed E-state index contributed by atoms with van der Waals surface area (Å²) in [5.74, 6) is 0.867. The quantitative estimate of drug-likeness (QED) is 0.772. The number of hydrogen-bond donors (Lipinski definition) is 1. The summed E-state index contributed by atoms with van der Waals surface area (Å²) in [6, 6.07) is 15.2. The molecule has 0 saturated heterocycles. The molecule has 0 aliphatic heterocycles. The molecule has 0 saturated carbocycles. The van der Waals surface area contributed by atoms with E-state index in [0.29, 0.717) is 11.4 Å². The molecule has 1 aromatic carbocycles. The van der Waals surface area contributed by atoms with Gasteiger partial charge in [0.2, 0.25) is 0 Å². The van der Waals surface area contributed by atoms with Crippen LogP contribution in [-0.2, 0) is 0 Å². The average molecular weight is 333 g/mol. The van der Waals surface area contributed by atoms with Gasteiger partial charge in [-0.25, -0.2) is 0 Å². The lowest BCUT2D eigenvalue weighted by Gasteiger charge is -2.22. The molecule has 6 nitrogen and oxygen atoms in total. The molecule has 6 heteroatoms. The van der Waals surface area contributed by atoms with E-state index in [4.69, 9.17) is 0 Å². The zero-order valence-corrected chi connectivity index (χ0v) is 14.2. The van der Waals surface area contributed by atoms with Gasteiger partial charge in [0.05, 0.1) is 5.56 Å². The fourth-order valence-corrected chi connectivity index (χ4v) is 2.49. The summed E-state index contributed by atoms with van der Waals surface area (Å²) in [5, 5.41) is 11.1. The number of aromatic nitrogens is 3. The molecule has 25 heavy (non-hydrogen) atoms. The highest BCUT2D eigenvalue weighted by molar-refractivity contribution is 6.03. The van der Waals surface area contributed by atoms with Crippen LogP contribution in [0.15, 0.2) is 60.9 Å². The first-order chi connectivity index (χ1) is 12.2. The third-order valence-corrected chi connectivity index (χ3v) is 3.72. The van der Waals surface area contributed by atoms with Crippen LogP contribution in [0, 0.1) is 6.92 Å². The molecule has 0 atom stereocenters. The Hall–Kier alpha value is -3.28. The lowest BCUT2D eigenvalue weighted by atomic mass is 10.2. The SMILES string of the molecule is CCN(c1cccc(C)c1)c1ccc(NC(=O)c2cccnc2)nn1. The normalized spacial score (nSPS) is 10.3. The van der Waals surface area contributed by atoms with Crippen molar-refractivity contribution in [3.05, 3.63) is 72.1 Å². The zero-order chi connectivity index (χ0) is 17.6. The van der Waals surface area contributed by atoms with Crippen LogP contribution in [0.5, 0.6) is 0 Å². The van der Waals surface area contributed by atoms with Gasteiger partial charge in [0.15, 0.2) is 11.6 Å². The van der Waals surface area contributed by atoms with Gasteiger partial charge in [0.25, 0.3) is 5.91 Å². The van der Waals surface area contributed by atoms with E-state index in [1.807, 2.05) is 18.2 Å². The number of amides is 1. The second-order valence-corrected chi connectivity index (χ2v) is 5.56. The number of nitrogens with zero attached hydrogens (tertiary/aromatic N) is 4. The third kappa shape index (κ3) is 3.98. The Kier molecular flexibility index (Phi) is 4.99. The van der Waals surface area contributed by atoms with Gasteiger partial charge in [-0.15, -0.1) is 10.2 Å². The van der Waals surface area contributed by atoms with Gasteiger partial charge < -0.3 is 10.2 Å². The molecule has 0 fully saturated rings. The lowest BCUT2D eigenvalue weighted by Crippen LogP contribution is -2.19. The number of carbonyl (C=O) groups is 1. The van der Waals surface area contributed by atoms with Gasteiger partial charge in [-0.1, -0.05) is 12.1 Å². The summed E-state index contributed by atoms with van der Waals surface area (Å²) in [4.78, 5) is 18.1. The Labute approximate surface area is 146 Å². The van der Waals surface area contributed by atoms with Crippen LogP contribution in [-0.4, -0.2) is 27.6 Å². The maximum absolute atomic E-state index is 12.1. The maximum Gasteiger partial charge on any atom is 0.258 e. The standard InChI is InChI=1S/C19H19N5O/c1-3-24(16-8-4-6-14(2)12-16)18-10-9-17(22-23-18)21-19(25)15-7-5-11-20-13-15/h4-13H,3H2,1-2H3,(H,21,22,25). The third-order valence-electron chi connectivity index (χ3n) is 3.72. The molecule has 0 radical (unpaired) electrons. The molecule has 0 aliphatic rings. The first-order valence-electron chi connectivity index (χ1n) is 8.06.